The summed E-state index contributed by atoms with van der Waals surface area (Å²) in [6.45, 7) is -0.477. The lowest BCUT2D eigenvalue weighted by atomic mass is 10.2. The van der Waals surface area contributed by atoms with Crippen LogP contribution in [0.3, 0.4) is 0 Å². The van der Waals surface area contributed by atoms with Crippen molar-refractivity contribution in [1.82, 2.24) is 9.38 Å². The van der Waals surface area contributed by atoms with Gasteiger partial charge in [-0.3, -0.25) is 9.20 Å². The Morgan fingerprint density at radius 2 is 2.04 bits per heavy atom. The molecule has 118 valence electrons. The maximum atomic E-state index is 13.0. The Morgan fingerprint density at radius 3 is 2.70 bits per heavy atom. The van der Waals surface area contributed by atoms with Crippen molar-refractivity contribution in [3.05, 3.63) is 64.3 Å². The number of pyridine rings is 1. The number of halogens is 1. The van der Waals surface area contributed by atoms with Gasteiger partial charge in [0.2, 0.25) is 0 Å². The Hall–Kier alpha value is -2.93. The Kier molecular flexibility index (Phi) is 3.94. The van der Waals surface area contributed by atoms with Gasteiger partial charge in [-0.15, -0.1) is 0 Å². The summed E-state index contributed by atoms with van der Waals surface area (Å²) in [4.78, 5) is 16.9. The number of benzene rings is 1. The van der Waals surface area contributed by atoms with Gasteiger partial charge in [0.15, 0.2) is 11.4 Å². The summed E-state index contributed by atoms with van der Waals surface area (Å²) in [6, 6.07) is 8.94. The van der Waals surface area contributed by atoms with E-state index in [-0.39, 0.29) is 17.2 Å². The van der Waals surface area contributed by atoms with Crippen LogP contribution in [0.25, 0.3) is 5.65 Å². The minimum Gasteiger partial charge on any atom is -0.493 e. The van der Waals surface area contributed by atoms with E-state index in [1.165, 1.54) is 35.8 Å². The number of fused-ring (bicyclic) bond motifs is 1. The van der Waals surface area contributed by atoms with Crippen LogP contribution in [0.1, 0.15) is 5.56 Å². The summed E-state index contributed by atoms with van der Waals surface area (Å²) in [6.07, 6.45) is 1.55. The van der Waals surface area contributed by atoms with E-state index in [1.54, 1.807) is 18.3 Å². The molecule has 7 heteroatoms. The van der Waals surface area contributed by atoms with Crippen molar-refractivity contribution in [2.75, 3.05) is 12.4 Å². The van der Waals surface area contributed by atoms with E-state index in [2.05, 4.69) is 10.3 Å². The molecule has 0 bridgehead atoms. The highest BCUT2D eigenvalue weighted by Crippen LogP contribution is 2.22. The minimum absolute atomic E-state index is 0.111. The van der Waals surface area contributed by atoms with Crippen LogP contribution in [0.15, 0.2) is 47.4 Å². The van der Waals surface area contributed by atoms with E-state index in [0.717, 1.165) is 0 Å². The van der Waals surface area contributed by atoms with Crippen molar-refractivity contribution >= 4 is 17.2 Å². The first kappa shape index (κ1) is 15.0. The molecule has 23 heavy (non-hydrogen) atoms. The van der Waals surface area contributed by atoms with Gasteiger partial charge < -0.3 is 15.2 Å². The maximum Gasteiger partial charge on any atom is 0.265 e. The molecule has 1 aromatic carbocycles. The molecule has 3 rings (SSSR count). The number of hydrogen-bond donors (Lipinski definition) is 2. The Bertz CT molecular complexity index is 907. The molecular weight excluding hydrogens is 301 g/mol. The van der Waals surface area contributed by atoms with Gasteiger partial charge >= 0.3 is 0 Å². The van der Waals surface area contributed by atoms with E-state index in [4.69, 9.17) is 4.74 Å². The van der Waals surface area contributed by atoms with Gasteiger partial charge in [0, 0.05) is 11.9 Å². The zero-order valence-corrected chi connectivity index (χ0v) is 12.3. The summed E-state index contributed by atoms with van der Waals surface area (Å²) >= 11 is 0. The highest BCUT2D eigenvalue weighted by molar-refractivity contribution is 5.64. The molecule has 2 N–H and O–H groups in total. The lowest BCUT2D eigenvalue weighted by Crippen LogP contribution is -2.22. The standard InChI is InChI=1S/C16H14FN3O3/c1-23-13-3-2-8-20-15(13)19-14(12(9-21)16(20)22)18-11-6-4-10(17)5-7-11/h2-8,18,21H,9H2,1H3. The van der Waals surface area contributed by atoms with Crippen LogP contribution in [0, 0.1) is 5.82 Å². The summed E-state index contributed by atoms with van der Waals surface area (Å²) in [5.74, 6) is 0.260. The summed E-state index contributed by atoms with van der Waals surface area (Å²) < 4.78 is 19.5. The molecule has 0 amide bonds. The fourth-order valence-corrected chi connectivity index (χ4v) is 2.25. The van der Waals surface area contributed by atoms with E-state index in [0.29, 0.717) is 17.1 Å². The lowest BCUT2D eigenvalue weighted by molar-refractivity contribution is 0.280. The molecule has 0 aliphatic rings. The maximum absolute atomic E-state index is 13.0. The number of aliphatic hydroxyl groups excluding tert-OH is 1. The summed E-state index contributed by atoms with van der Waals surface area (Å²) in [7, 11) is 1.48. The van der Waals surface area contributed by atoms with Crippen LogP contribution < -0.4 is 15.6 Å². The average Bonchev–Trinajstić information content (AvgIpc) is 2.57. The molecule has 3 aromatic rings. The molecule has 6 nitrogen and oxygen atoms in total. The van der Waals surface area contributed by atoms with E-state index in [9.17, 15) is 14.3 Å². The number of aliphatic hydroxyl groups is 1. The zero-order chi connectivity index (χ0) is 16.4. The molecule has 0 aliphatic heterocycles. The van der Waals surface area contributed by atoms with Crippen molar-refractivity contribution in [3.63, 3.8) is 0 Å². The van der Waals surface area contributed by atoms with E-state index in [1.807, 2.05) is 0 Å². The Morgan fingerprint density at radius 1 is 1.30 bits per heavy atom. The van der Waals surface area contributed by atoms with Crippen LogP contribution >= 0.6 is 0 Å². The summed E-state index contributed by atoms with van der Waals surface area (Å²) in [5, 5.41) is 12.5. The van der Waals surface area contributed by atoms with Crippen molar-refractivity contribution < 1.29 is 14.2 Å². The van der Waals surface area contributed by atoms with Crippen LogP contribution in [0.4, 0.5) is 15.9 Å². The molecule has 0 aliphatic carbocycles. The predicted octanol–water partition coefficient (Wildman–Crippen LogP) is 2.08. The molecule has 0 fully saturated rings. The second kappa shape index (κ2) is 6.05. The predicted molar refractivity (Wildman–Crippen MR) is 83.6 cm³/mol. The normalized spacial score (nSPS) is 10.7. The van der Waals surface area contributed by atoms with Gasteiger partial charge in [-0.2, -0.15) is 0 Å². The van der Waals surface area contributed by atoms with E-state index < -0.39 is 12.2 Å². The number of methoxy groups -OCH3 is 1. The third kappa shape index (κ3) is 2.74. The van der Waals surface area contributed by atoms with Crippen LogP contribution in [0.5, 0.6) is 5.75 Å². The molecule has 2 heterocycles. The fraction of sp³-hybridized carbons (Fsp3) is 0.125. The molecule has 0 unspecified atom stereocenters. The third-order valence-corrected chi connectivity index (χ3v) is 3.40. The van der Waals surface area contributed by atoms with Crippen molar-refractivity contribution in [2.45, 2.75) is 6.61 Å². The second-order valence-electron chi connectivity index (χ2n) is 4.80. The lowest BCUT2D eigenvalue weighted by Gasteiger charge is -2.13. The smallest absolute Gasteiger partial charge is 0.265 e. The zero-order valence-electron chi connectivity index (χ0n) is 12.3. The number of aromatic nitrogens is 2. The van der Waals surface area contributed by atoms with Crippen LogP contribution in [-0.2, 0) is 6.61 Å². The molecule has 2 aromatic heterocycles. The molecule has 0 radical (unpaired) electrons. The van der Waals surface area contributed by atoms with Gasteiger partial charge in [0.05, 0.1) is 19.3 Å². The van der Waals surface area contributed by atoms with E-state index >= 15 is 0 Å². The Labute approximate surface area is 130 Å². The quantitative estimate of drug-likeness (QED) is 0.771. The first-order valence-corrected chi connectivity index (χ1v) is 6.85. The van der Waals surface area contributed by atoms with Crippen LogP contribution in [-0.4, -0.2) is 21.6 Å². The summed E-state index contributed by atoms with van der Waals surface area (Å²) in [5.41, 5.74) is 0.579. The first-order chi connectivity index (χ1) is 11.1. The topological polar surface area (TPSA) is 75.9 Å². The monoisotopic (exact) mass is 315 g/mol. The largest absolute Gasteiger partial charge is 0.493 e. The Balaban J connectivity index is 2.18. The van der Waals surface area contributed by atoms with Crippen LogP contribution in [0.2, 0.25) is 0 Å². The molecule has 0 saturated heterocycles. The van der Waals surface area contributed by atoms with Gasteiger partial charge in [0.1, 0.15) is 11.6 Å². The molecule has 0 atom stereocenters. The average molecular weight is 315 g/mol. The second-order valence-corrected chi connectivity index (χ2v) is 4.80. The molecule has 0 saturated carbocycles. The highest BCUT2D eigenvalue weighted by Gasteiger charge is 2.14. The SMILES string of the molecule is COc1cccn2c(=O)c(CO)c(Nc3ccc(F)cc3)nc12. The number of nitrogens with one attached hydrogen (secondary N) is 1. The number of rotatable bonds is 4. The fourth-order valence-electron chi connectivity index (χ4n) is 2.25. The number of hydrogen-bond acceptors (Lipinski definition) is 5. The number of ether oxygens (including phenoxy) is 1. The minimum atomic E-state index is -0.477. The van der Waals surface area contributed by atoms with Gasteiger partial charge in [-0.25, -0.2) is 9.37 Å². The first-order valence-electron chi connectivity index (χ1n) is 6.85. The number of anilines is 2. The van der Waals surface area contributed by atoms with Gasteiger partial charge in [-0.1, -0.05) is 0 Å². The molecule has 0 spiro atoms. The highest BCUT2D eigenvalue weighted by atomic mass is 19.1. The number of nitrogens with zero attached hydrogens (tertiary/aromatic N) is 2. The molecular formula is C16H14FN3O3. The van der Waals surface area contributed by atoms with Gasteiger partial charge in [-0.05, 0) is 36.4 Å². The van der Waals surface area contributed by atoms with Gasteiger partial charge in [0.25, 0.3) is 5.56 Å². The van der Waals surface area contributed by atoms with Crippen molar-refractivity contribution in [2.24, 2.45) is 0 Å². The third-order valence-electron chi connectivity index (χ3n) is 3.40. The van der Waals surface area contributed by atoms with Crippen molar-refractivity contribution in [1.29, 1.82) is 0 Å². The van der Waals surface area contributed by atoms with Crippen molar-refractivity contribution in [3.8, 4) is 5.75 Å².